The average Bonchev–Trinajstić information content (AvgIpc) is 2.46. The summed E-state index contributed by atoms with van der Waals surface area (Å²) in [6.07, 6.45) is 4.99. The summed E-state index contributed by atoms with van der Waals surface area (Å²) in [6, 6.07) is 0. The fourth-order valence-electron chi connectivity index (χ4n) is 2.85. The molecule has 1 saturated heterocycles. The fraction of sp³-hybridized carbons (Fsp3) is 0.643. The van der Waals surface area contributed by atoms with Gasteiger partial charge in [0.25, 0.3) is 0 Å². The second-order valence-electron chi connectivity index (χ2n) is 5.23. The van der Waals surface area contributed by atoms with Gasteiger partial charge in [-0.1, -0.05) is 6.92 Å². The Balaban J connectivity index is 2.09. The summed E-state index contributed by atoms with van der Waals surface area (Å²) < 4.78 is 0. The zero-order valence-corrected chi connectivity index (χ0v) is 12.2. The molecule has 6 nitrogen and oxygen atoms in total. The molecule has 1 aliphatic rings. The molecule has 110 valence electrons. The molecule has 0 aliphatic carbocycles. The topological polar surface area (TPSA) is 84.1 Å². The zero-order valence-electron chi connectivity index (χ0n) is 12.2. The van der Waals surface area contributed by atoms with E-state index >= 15 is 0 Å². The number of anilines is 2. The Hall–Kier alpha value is -1.85. The lowest BCUT2D eigenvalue weighted by molar-refractivity contribution is -0.119. The number of carbonyl (C=O) groups is 1. The number of carbonyl (C=O) groups excluding carboxylic acids is 1. The number of nitrogens with two attached hydrogens (primary N) is 1. The molecule has 0 radical (unpaired) electrons. The Morgan fingerprint density at radius 3 is 2.70 bits per heavy atom. The van der Waals surface area contributed by atoms with Crippen LogP contribution >= 0.6 is 0 Å². The second-order valence-corrected chi connectivity index (χ2v) is 5.23. The van der Waals surface area contributed by atoms with Gasteiger partial charge in [-0.2, -0.15) is 0 Å². The molecule has 1 aromatic rings. The van der Waals surface area contributed by atoms with E-state index in [0.29, 0.717) is 12.3 Å². The van der Waals surface area contributed by atoms with Crippen LogP contribution in [0.2, 0.25) is 0 Å². The maximum Gasteiger partial charge on any atom is 0.217 e. The highest BCUT2D eigenvalue weighted by atomic mass is 16.1. The zero-order chi connectivity index (χ0) is 14.5. The summed E-state index contributed by atoms with van der Waals surface area (Å²) in [5.41, 5.74) is 6.43. The first-order chi connectivity index (χ1) is 9.65. The van der Waals surface area contributed by atoms with Crippen LogP contribution in [0.1, 0.15) is 31.7 Å². The molecular weight excluding hydrogens is 254 g/mol. The number of nitrogens with one attached hydrogen (secondary N) is 1. The van der Waals surface area contributed by atoms with E-state index in [1.54, 1.807) is 6.33 Å². The Morgan fingerprint density at radius 2 is 2.15 bits per heavy atom. The minimum atomic E-state index is -0.197. The van der Waals surface area contributed by atoms with Gasteiger partial charge in [0.1, 0.15) is 18.0 Å². The van der Waals surface area contributed by atoms with Crippen molar-refractivity contribution in [1.82, 2.24) is 9.97 Å². The van der Waals surface area contributed by atoms with Crippen molar-refractivity contribution in [2.75, 3.05) is 30.4 Å². The Labute approximate surface area is 119 Å². The number of nitrogens with zero attached hydrogens (tertiary/aromatic N) is 3. The second kappa shape index (κ2) is 6.54. The minimum Gasteiger partial charge on any atom is -0.373 e. The van der Waals surface area contributed by atoms with Crippen LogP contribution in [0.15, 0.2) is 6.33 Å². The van der Waals surface area contributed by atoms with Gasteiger partial charge in [0.05, 0.1) is 0 Å². The molecule has 6 heteroatoms. The number of primary amides is 1. The molecule has 1 aromatic heterocycles. The van der Waals surface area contributed by atoms with Crippen LogP contribution in [0.3, 0.4) is 0 Å². The Kier molecular flexibility index (Phi) is 4.76. The molecule has 0 spiro atoms. The SMILES string of the molecule is CCc1c(NC)ncnc1N1CCC(CC(N)=O)CC1. The first kappa shape index (κ1) is 14.6. The smallest absolute Gasteiger partial charge is 0.217 e. The third-order valence-corrected chi connectivity index (χ3v) is 3.92. The van der Waals surface area contributed by atoms with E-state index in [2.05, 4.69) is 27.1 Å². The molecule has 0 saturated carbocycles. The van der Waals surface area contributed by atoms with E-state index in [0.717, 1.165) is 49.6 Å². The first-order valence-electron chi connectivity index (χ1n) is 7.20. The van der Waals surface area contributed by atoms with Crippen LogP contribution in [-0.4, -0.2) is 36.0 Å². The van der Waals surface area contributed by atoms with Crippen molar-refractivity contribution >= 4 is 17.5 Å². The quantitative estimate of drug-likeness (QED) is 0.844. The van der Waals surface area contributed by atoms with Gasteiger partial charge < -0.3 is 16.0 Å². The van der Waals surface area contributed by atoms with Gasteiger partial charge in [0.15, 0.2) is 0 Å². The van der Waals surface area contributed by atoms with Gasteiger partial charge in [0.2, 0.25) is 5.91 Å². The minimum absolute atomic E-state index is 0.197. The highest BCUT2D eigenvalue weighted by molar-refractivity contribution is 5.74. The van der Waals surface area contributed by atoms with E-state index in [1.807, 2.05) is 7.05 Å². The van der Waals surface area contributed by atoms with E-state index < -0.39 is 0 Å². The number of piperidine rings is 1. The van der Waals surface area contributed by atoms with Crippen LogP contribution in [0.5, 0.6) is 0 Å². The van der Waals surface area contributed by atoms with Crippen molar-refractivity contribution in [1.29, 1.82) is 0 Å². The molecule has 2 rings (SSSR count). The number of aromatic nitrogens is 2. The van der Waals surface area contributed by atoms with Gasteiger partial charge in [-0.05, 0) is 25.2 Å². The third kappa shape index (κ3) is 3.18. The standard InChI is InChI=1S/C14H23N5O/c1-3-11-13(16-2)17-9-18-14(11)19-6-4-10(5-7-19)8-12(15)20/h9-10H,3-8H2,1-2H3,(H2,15,20)(H,16,17,18). The molecular formula is C14H23N5O. The Bertz CT molecular complexity index is 469. The molecule has 1 amide bonds. The van der Waals surface area contributed by atoms with Gasteiger partial charge >= 0.3 is 0 Å². The van der Waals surface area contributed by atoms with Crippen molar-refractivity contribution in [3.05, 3.63) is 11.9 Å². The summed E-state index contributed by atoms with van der Waals surface area (Å²) in [4.78, 5) is 22.0. The average molecular weight is 277 g/mol. The summed E-state index contributed by atoms with van der Waals surface area (Å²) in [7, 11) is 1.88. The Morgan fingerprint density at radius 1 is 1.45 bits per heavy atom. The normalized spacial score (nSPS) is 16.2. The largest absolute Gasteiger partial charge is 0.373 e. The van der Waals surface area contributed by atoms with E-state index in [4.69, 9.17) is 5.73 Å². The first-order valence-corrected chi connectivity index (χ1v) is 7.20. The van der Waals surface area contributed by atoms with Crippen molar-refractivity contribution in [3.63, 3.8) is 0 Å². The molecule has 0 aromatic carbocycles. The van der Waals surface area contributed by atoms with Crippen LogP contribution in [-0.2, 0) is 11.2 Å². The number of amides is 1. The van der Waals surface area contributed by atoms with E-state index in [1.165, 1.54) is 0 Å². The summed E-state index contributed by atoms with van der Waals surface area (Å²) in [5, 5.41) is 3.12. The summed E-state index contributed by atoms with van der Waals surface area (Å²) in [6.45, 7) is 3.96. The lowest BCUT2D eigenvalue weighted by Gasteiger charge is -2.33. The molecule has 0 unspecified atom stereocenters. The van der Waals surface area contributed by atoms with Crippen molar-refractivity contribution in [3.8, 4) is 0 Å². The van der Waals surface area contributed by atoms with E-state index in [9.17, 15) is 4.79 Å². The monoisotopic (exact) mass is 277 g/mol. The number of rotatable bonds is 5. The lowest BCUT2D eigenvalue weighted by atomic mass is 9.93. The van der Waals surface area contributed by atoms with Gasteiger partial charge in [-0.15, -0.1) is 0 Å². The molecule has 1 aliphatic heterocycles. The van der Waals surface area contributed by atoms with Crippen molar-refractivity contribution < 1.29 is 4.79 Å². The summed E-state index contributed by atoms with van der Waals surface area (Å²) in [5.74, 6) is 2.14. The maximum atomic E-state index is 11.0. The lowest BCUT2D eigenvalue weighted by Crippen LogP contribution is -2.36. The molecule has 0 bridgehead atoms. The fourth-order valence-corrected chi connectivity index (χ4v) is 2.85. The van der Waals surface area contributed by atoms with E-state index in [-0.39, 0.29) is 5.91 Å². The number of hydrogen-bond donors (Lipinski definition) is 2. The number of hydrogen-bond acceptors (Lipinski definition) is 5. The molecule has 3 N–H and O–H groups in total. The summed E-state index contributed by atoms with van der Waals surface area (Å²) >= 11 is 0. The van der Waals surface area contributed by atoms with Gasteiger partial charge in [-0.25, -0.2) is 9.97 Å². The van der Waals surface area contributed by atoms with Crippen LogP contribution in [0.4, 0.5) is 11.6 Å². The van der Waals surface area contributed by atoms with Crippen LogP contribution in [0, 0.1) is 5.92 Å². The molecule has 0 atom stereocenters. The molecule has 1 fully saturated rings. The van der Waals surface area contributed by atoms with Crippen molar-refractivity contribution in [2.24, 2.45) is 11.7 Å². The van der Waals surface area contributed by atoms with Crippen LogP contribution < -0.4 is 16.0 Å². The van der Waals surface area contributed by atoms with Gasteiger partial charge in [0, 0.05) is 32.1 Å². The predicted octanol–water partition coefficient (Wildman–Crippen LogP) is 1.17. The third-order valence-electron chi connectivity index (χ3n) is 3.92. The predicted molar refractivity (Wildman–Crippen MR) is 79.7 cm³/mol. The van der Waals surface area contributed by atoms with Crippen LogP contribution in [0.25, 0.3) is 0 Å². The van der Waals surface area contributed by atoms with Crippen molar-refractivity contribution in [2.45, 2.75) is 32.6 Å². The highest BCUT2D eigenvalue weighted by Crippen LogP contribution is 2.28. The maximum absolute atomic E-state index is 11.0. The molecule has 20 heavy (non-hydrogen) atoms. The highest BCUT2D eigenvalue weighted by Gasteiger charge is 2.23. The van der Waals surface area contributed by atoms with Gasteiger partial charge in [-0.3, -0.25) is 4.79 Å². The molecule has 2 heterocycles.